The number of pyridine rings is 1. The summed E-state index contributed by atoms with van der Waals surface area (Å²) in [5, 5.41) is 4.29. The van der Waals surface area contributed by atoms with Crippen molar-refractivity contribution in [3.8, 4) is 0 Å². The first kappa shape index (κ1) is 13.1. The maximum absolute atomic E-state index is 11.3. The third-order valence-electron chi connectivity index (χ3n) is 2.66. The van der Waals surface area contributed by atoms with Gasteiger partial charge in [-0.2, -0.15) is 5.10 Å². The normalized spacial score (nSPS) is 11.4. The van der Waals surface area contributed by atoms with Crippen molar-refractivity contribution in [1.29, 1.82) is 0 Å². The number of hydrogen-bond acceptors (Lipinski definition) is 3. The Hall–Kier alpha value is -2.36. The molecule has 2 aromatic rings. The number of aromatic nitrogens is 1. The van der Waals surface area contributed by atoms with Gasteiger partial charge in [-0.05, 0) is 25.5 Å². The molecule has 1 aromatic carbocycles. The maximum Gasteiger partial charge on any atom is 0.250 e. The number of hydrogen-bond donors (Lipinski definition) is 2. The van der Waals surface area contributed by atoms with Crippen LogP contribution >= 0.6 is 0 Å². The van der Waals surface area contributed by atoms with E-state index < -0.39 is 0 Å². The monoisotopic (exact) mass is 255 g/mol. The predicted octanol–water partition coefficient (Wildman–Crippen LogP) is 2.71. The summed E-state index contributed by atoms with van der Waals surface area (Å²) in [6.07, 6.45) is 0.788. The quantitative estimate of drug-likeness (QED) is 0.652. The van der Waals surface area contributed by atoms with Gasteiger partial charge in [0.2, 0.25) is 5.56 Å². The van der Waals surface area contributed by atoms with E-state index in [0.717, 1.165) is 17.8 Å². The van der Waals surface area contributed by atoms with Crippen LogP contribution in [-0.2, 0) is 6.42 Å². The summed E-state index contributed by atoms with van der Waals surface area (Å²) in [6, 6.07) is 13.5. The van der Waals surface area contributed by atoms with Gasteiger partial charge in [0.15, 0.2) is 0 Å². The van der Waals surface area contributed by atoms with Crippen LogP contribution in [0.2, 0.25) is 0 Å². The molecule has 1 heterocycles. The smallest absolute Gasteiger partial charge is 0.250 e. The molecule has 0 amide bonds. The van der Waals surface area contributed by atoms with Gasteiger partial charge >= 0.3 is 0 Å². The number of anilines is 1. The second-order valence-corrected chi connectivity index (χ2v) is 4.54. The van der Waals surface area contributed by atoms with E-state index in [1.165, 1.54) is 11.6 Å². The maximum atomic E-state index is 11.3. The van der Waals surface area contributed by atoms with E-state index in [1.807, 2.05) is 38.1 Å². The third kappa shape index (κ3) is 4.10. The van der Waals surface area contributed by atoms with Crippen molar-refractivity contribution in [2.75, 3.05) is 5.43 Å². The fraction of sp³-hybridized carbons (Fsp3) is 0.200. The van der Waals surface area contributed by atoms with Gasteiger partial charge in [-0.1, -0.05) is 30.3 Å². The zero-order valence-corrected chi connectivity index (χ0v) is 11.1. The van der Waals surface area contributed by atoms with Crippen LogP contribution in [0.15, 0.2) is 52.4 Å². The van der Waals surface area contributed by atoms with E-state index in [1.54, 1.807) is 0 Å². The van der Waals surface area contributed by atoms with Gasteiger partial charge in [0.1, 0.15) is 0 Å². The third-order valence-corrected chi connectivity index (χ3v) is 2.66. The Morgan fingerprint density at radius 3 is 2.68 bits per heavy atom. The van der Waals surface area contributed by atoms with Crippen molar-refractivity contribution < 1.29 is 0 Å². The van der Waals surface area contributed by atoms with Crippen molar-refractivity contribution in [3.63, 3.8) is 0 Å². The van der Waals surface area contributed by atoms with Gasteiger partial charge in [-0.15, -0.1) is 0 Å². The van der Waals surface area contributed by atoms with Crippen molar-refractivity contribution in [2.24, 2.45) is 5.10 Å². The topological polar surface area (TPSA) is 57.2 Å². The summed E-state index contributed by atoms with van der Waals surface area (Å²) >= 11 is 0. The fourth-order valence-electron chi connectivity index (χ4n) is 1.84. The molecule has 4 nitrogen and oxygen atoms in total. The Morgan fingerprint density at radius 2 is 2.00 bits per heavy atom. The number of nitrogens with one attached hydrogen (secondary N) is 2. The van der Waals surface area contributed by atoms with Gasteiger partial charge < -0.3 is 4.98 Å². The Kier molecular flexibility index (Phi) is 4.13. The van der Waals surface area contributed by atoms with Gasteiger partial charge in [-0.25, -0.2) is 0 Å². The molecule has 0 atom stereocenters. The standard InChI is InChI=1S/C15H17N3O/c1-11-9-14(10-15(19)16-11)18-17-12(2)8-13-6-4-3-5-7-13/h3-7,9-10H,8H2,1-2H3,(H2,16,18,19). The van der Waals surface area contributed by atoms with Crippen LogP contribution in [0.3, 0.4) is 0 Å². The molecule has 0 aliphatic rings. The molecule has 0 bridgehead atoms. The molecule has 4 heteroatoms. The van der Waals surface area contributed by atoms with Crippen LogP contribution < -0.4 is 11.0 Å². The number of nitrogens with zero attached hydrogens (tertiary/aromatic N) is 1. The van der Waals surface area contributed by atoms with Gasteiger partial charge in [0.25, 0.3) is 0 Å². The zero-order chi connectivity index (χ0) is 13.7. The lowest BCUT2D eigenvalue weighted by Crippen LogP contribution is -2.08. The molecule has 0 spiro atoms. The van der Waals surface area contributed by atoms with Gasteiger partial charge in [0, 0.05) is 23.9 Å². The zero-order valence-electron chi connectivity index (χ0n) is 11.1. The number of aryl methyl sites for hydroxylation is 1. The van der Waals surface area contributed by atoms with Crippen LogP contribution in [0, 0.1) is 6.92 Å². The Morgan fingerprint density at radius 1 is 1.26 bits per heavy atom. The van der Waals surface area contributed by atoms with Crippen LogP contribution in [-0.4, -0.2) is 10.7 Å². The summed E-state index contributed by atoms with van der Waals surface area (Å²) in [7, 11) is 0. The molecule has 19 heavy (non-hydrogen) atoms. The lowest BCUT2D eigenvalue weighted by atomic mass is 10.1. The number of H-pyrrole nitrogens is 1. The first-order chi connectivity index (χ1) is 9.13. The van der Waals surface area contributed by atoms with E-state index in [2.05, 4.69) is 27.6 Å². The van der Waals surface area contributed by atoms with E-state index >= 15 is 0 Å². The minimum absolute atomic E-state index is 0.126. The molecule has 0 saturated carbocycles. The molecule has 0 aliphatic carbocycles. The summed E-state index contributed by atoms with van der Waals surface area (Å²) in [4.78, 5) is 14.0. The van der Waals surface area contributed by atoms with Crippen LogP contribution in [0.25, 0.3) is 0 Å². The van der Waals surface area contributed by atoms with Crippen molar-refractivity contribution >= 4 is 11.4 Å². The van der Waals surface area contributed by atoms with Gasteiger partial charge in [0.05, 0.1) is 5.69 Å². The number of benzene rings is 1. The Balaban J connectivity index is 2.03. The molecular formula is C15H17N3O. The number of hydrazone groups is 1. The summed E-state index contributed by atoms with van der Waals surface area (Å²) in [5.74, 6) is 0. The summed E-state index contributed by atoms with van der Waals surface area (Å²) in [6.45, 7) is 3.80. The highest BCUT2D eigenvalue weighted by molar-refractivity contribution is 5.84. The molecule has 0 fully saturated rings. The second-order valence-electron chi connectivity index (χ2n) is 4.54. The molecule has 2 N–H and O–H groups in total. The van der Waals surface area contributed by atoms with E-state index in [4.69, 9.17) is 0 Å². The molecule has 0 saturated heterocycles. The lowest BCUT2D eigenvalue weighted by Gasteiger charge is -2.04. The van der Waals surface area contributed by atoms with E-state index in [0.29, 0.717) is 5.69 Å². The van der Waals surface area contributed by atoms with E-state index in [-0.39, 0.29) is 5.56 Å². The minimum atomic E-state index is -0.126. The molecule has 0 aliphatic heterocycles. The van der Waals surface area contributed by atoms with E-state index in [9.17, 15) is 4.79 Å². The van der Waals surface area contributed by atoms with Crippen molar-refractivity contribution in [1.82, 2.24) is 4.98 Å². The number of rotatable bonds is 4. The molecular weight excluding hydrogens is 238 g/mol. The average Bonchev–Trinajstić information content (AvgIpc) is 2.36. The van der Waals surface area contributed by atoms with Crippen LogP contribution in [0.4, 0.5) is 5.69 Å². The van der Waals surface area contributed by atoms with Crippen LogP contribution in [0.5, 0.6) is 0 Å². The Labute approximate surface area is 112 Å². The molecule has 1 aromatic heterocycles. The van der Waals surface area contributed by atoms with Crippen molar-refractivity contribution in [2.45, 2.75) is 20.3 Å². The highest BCUT2D eigenvalue weighted by atomic mass is 16.1. The lowest BCUT2D eigenvalue weighted by molar-refractivity contribution is 1.13. The molecule has 2 rings (SSSR count). The Bertz CT molecular complexity index is 629. The summed E-state index contributed by atoms with van der Waals surface area (Å²) < 4.78 is 0. The first-order valence-electron chi connectivity index (χ1n) is 6.17. The minimum Gasteiger partial charge on any atom is -0.326 e. The molecule has 0 unspecified atom stereocenters. The first-order valence-corrected chi connectivity index (χ1v) is 6.17. The highest BCUT2D eigenvalue weighted by Gasteiger charge is 1.97. The number of aromatic amines is 1. The molecule has 0 radical (unpaired) electrons. The second kappa shape index (κ2) is 6.00. The molecule has 98 valence electrons. The van der Waals surface area contributed by atoms with Gasteiger partial charge in [-0.3, -0.25) is 10.2 Å². The highest BCUT2D eigenvalue weighted by Crippen LogP contribution is 2.05. The van der Waals surface area contributed by atoms with Crippen LogP contribution in [0.1, 0.15) is 18.2 Å². The summed E-state index contributed by atoms with van der Waals surface area (Å²) in [5.41, 5.74) is 6.48. The fourth-order valence-corrected chi connectivity index (χ4v) is 1.84. The average molecular weight is 255 g/mol. The largest absolute Gasteiger partial charge is 0.326 e. The van der Waals surface area contributed by atoms with Crippen molar-refractivity contribution in [3.05, 3.63) is 64.1 Å². The predicted molar refractivity (Wildman–Crippen MR) is 78.7 cm³/mol. The SMILES string of the molecule is CC(Cc1ccccc1)=NNc1cc(C)[nH]c(=O)c1.